The Balaban J connectivity index is 0.00000121. The van der Waals surface area contributed by atoms with Crippen LogP contribution in [0.15, 0.2) is 0 Å². The van der Waals surface area contributed by atoms with E-state index in [1.54, 1.807) is 0 Å². The maximum Gasteiger partial charge on any atom is 0.0619 e. The van der Waals surface area contributed by atoms with Crippen molar-refractivity contribution in [2.45, 2.75) is 19.4 Å². The van der Waals surface area contributed by atoms with Crippen LogP contribution in [0, 0.1) is 0 Å². The zero-order chi connectivity index (χ0) is 8.10. The van der Waals surface area contributed by atoms with Crippen molar-refractivity contribution in [1.29, 1.82) is 0 Å². The molecule has 1 heterocycles. The van der Waals surface area contributed by atoms with Crippen LogP contribution in [0.4, 0.5) is 0 Å². The average Bonchev–Trinajstić information content (AvgIpc) is 2.03. The van der Waals surface area contributed by atoms with Crippen molar-refractivity contribution in [2.24, 2.45) is 0 Å². The topological polar surface area (TPSA) is 32.7 Å². The predicted octanol–water partition coefficient (Wildman–Crippen LogP) is 0.0870. The van der Waals surface area contributed by atoms with Gasteiger partial charge >= 0.3 is 0 Å². The van der Waals surface area contributed by atoms with Crippen molar-refractivity contribution in [1.82, 2.24) is 4.90 Å². The van der Waals surface area contributed by atoms with E-state index in [0.29, 0.717) is 12.6 Å². The molecular weight excluding hydrogens is 231 g/mol. The average molecular weight is 248 g/mol. The van der Waals surface area contributed by atoms with Gasteiger partial charge in [0.2, 0.25) is 0 Å². The Morgan fingerprint density at radius 3 is 2.92 bits per heavy atom. The maximum atomic E-state index is 8.63. The first-order chi connectivity index (χ1) is 5.34. The molecular formula is C8H17NO2Y. The molecule has 1 aliphatic heterocycles. The molecule has 3 nitrogen and oxygen atoms in total. The van der Waals surface area contributed by atoms with Crippen LogP contribution in [0.1, 0.15) is 13.3 Å². The van der Waals surface area contributed by atoms with E-state index in [2.05, 4.69) is 11.8 Å². The van der Waals surface area contributed by atoms with Crippen molar-refractivity contribution in [2.75, 3.05) is 32.9 Å². The van der Waals surface area contributed by atoms with Gasteiger partial charge in [-0.3, -0.25) is 4.90 Å². The molecule has 1 fully saturated rings. The van der Waals surface area contributed by atoms with E-state index >= 15 is 0 Å². The fourth-order valence-corrected chi connectivity index (χ4v) is 1.37. The third kappa shape index (κ3) is 4.29. The van der Waals surface area contributed by atoms with Gasteiger partial charge in [0.1, 0.15) is 0 Å². The van der Waals surface area contributed by atoms with E-state index in [-0.39, 0.29) is 32.7 Å². The molecule has 0 saturated carbocycles. The Bertz CT molecular complexity index is 113. The summed E-state index contributed by atoms with van der Waals surface area (Å²) < 4.78 is 5.29. The number of aliphatic hydroxyl groups is 1. The van der Waals surface area contributed by atoms with Crippen LogP contribution in [0.3, 0.4) is 0 Å². The molecule has 1 saturated heterocycles. The number of hydrogen-bond donors (Lipinski definition) is 1. The summed E-state index contributed by atoms with van der Waals surface area (Å²) in [6.07, 6.45) is 0.879. The van der Waals surface area contributed by atoms with Gasteiger partial charge in [0.15, 0.2) is 0 Å². The number of ether oxygens (including phenoxy) is 1. The van der Waals surface area contributed by atoms with E-state index in [1.807, 2.05) is 0 Å². The first-order valence-electron chi connectivity index (χ1n) is 4.27. The molecule has 1 atom stereocenters. The summed E-state index contributed by atoms with van der Waals surface area (Å²) in [5.74, 6) is 0. The zero-order valence-corrected chi connectivity index (χ0v) is 10.5. The molecule has 0 amide bonds. The number of hydrogen-bond acceptors (Lipinski definition) is 3. The molecule has 0 spiro atoms. The van der Waals surface area contributed by atoms with Gasteiger partial charge in [0, 0.05) is 58.4 Å². The number of aliphatic hydroxyl groups excluding tert-OH is 1. The fraction of sp³-hybridized carbons (Fsp3) is 1.00. The minimum atomic E-state index is 0. The summed E-state index contributed by atoms with van der Waals surface area (Å²) in [5.41, 5.74) is 0. The van der Waals surface area contributed by atoms with Crippen LogP contribution >= 0.6 is 0 Å². The van der Waals surface area contributed by atoms with Gasteiger partial charge in [0.25, 0.3) is 0 Å². The van der Waals surface area contributed by atoms with Crippen molar-refractivity contribution < 1.29 is 42.6 Å². The summed E-state index contributed by atoms with van der Waals surface area (Å²) in [6, 6.07) is 0.523. The summed E-state index contributed by atoms with van der Waals surface area (Å²) in [4.78, 5) is 2.36. The molecule has 4 heteroatoms. The van der Waals surface area contributed by atoms with Crippen molar-refractivity contribution in [3.05, 3.63) is 0 Å². The van der Waals surface area contributed by atoms with Crippen molar-refractivity contribution >= 4 is 0 Å². The van der Waals surface area contributed by atoms with Crippen LogP contribution < -0.4 is 0 Å². The number of nitrogens with zero attached hydrogens (tertiary/aromatic N) is 1. The van der Waals surface area contributed by atoms with E-state index < -0.39 is 0 Å². The molecule has 0 aromatic rings. The van der Waals surface area contributed by atoms with E-state index in [4.69, 9.17) is 9.84 Å². The molecule has 1 N–H and O–H groups in total. The predicted molar refractivity (Wildman–Crippen MR) is 43.6 cm³/mol. The standard InChI is InChI=1S/C8H17NO2.Y/c1-8-7-11-6-4-9(8)3-2-5-10;/h8,10H,2-7H2,1H3;. The van der Waals surface area contributed by atoms with E-state index in [1.165, 1.54) is 0 Å². The Morgan fingerprint density at radius 2 is 2.33 bits per heavy atom. The first kappa shape index (κ1) is 13.0. The third-order valence-electron chi connectivity index (χ3n) is 2.11. The van der Waals surface area contributed by atoms with Crippen LogP contribution in [-0.2, 0) is 37.4 Å². The second-order valence-corrected chi connectivity index (χ2v) is 3.04. The smallest absolute Gasteiger partial charge is 0.0619 e. The zero-order valence-electron chi connectivity index (χ0n) is 7.70. The van der Waals surface area contributed by atoms with Gasteiger partial charge < -0.3 is 9.84 Å². The molecule has 0 aliphatic carbocycles. The van der Waals surface area contributed by atoms with Gasteiger partial charge in [-0.2, -0.15) is 0 Å². The third-order valence-corrected chi connectivity index (χ3v) is 2.11. The van der Waals surface area contributed by atoms with Gasteiger partial charge in [-0.15, -0.1) is 0 Å². The Hall–Kier alpha value is 0.984. The molecule has 0 bridgehead atoms. The number of morpholine rings is 1. The van der Waals surface area contributed by atoms with Crippen LogP contribution in [0.2, 0.25) is 0 Å². The fourth-order valence-electron chi connectivity index (χ4n) is 1.37. The maximum absolute atomic E-state index is 8.63. The summed E-state index contributed by atoms with van der Waals surface area (Å²) in [7, 11) is 0. The van der Waals surface area contributed by atoms with Crippen molar-refractivity contribution in [3.8, 4) is 0 Å². The minimum Gasteiger partial charge on any atom is -0.396 e. The van der Waals surface area contributed by atoms with Gasteiger partial charge in [-0.1, -0.05) is 0 Å². The van der Waals surface area contributed by atoms with E-state index in [0.717, 1.165) is 32.7 Å². The summed E-state index contributed by atoms with van der Waals surface area (Å²) in [5, 5.41) is 8.63. The second kappa shape index (κ2) is 7.39. The second-order valence-electron chi connectivity index (χ2n) is 3.04. The molecule has 0 aromatic carbocycles. The summed E-state index contributed by atoms with van der Waals surface area (Å²) >= 11 is 0. The Kier molecular flexibility index (Phi) is 8.00. The quantitative estimate of drug-likeness (QED) is 0.768. The summed E-state index contributed by atoms with van der Waals surface area (Å²) in [6.45, 7) is 6.16. The van der Waals surface area contributed by atoms with Crippen LogP contribution in [-0.4, -0.2) is 49.0 Å². The molecule has 1 aliphatic rings. The molecule has 1 rings (SSSR count). The van der Waals surface area contributed by atoms with Gasteiger partial charge in [0.05, 0.1) is 13.2 Å². The molecule has 1 unspecified atom stereocenters. The molecule has 69 valence electrons. The minimum absolute atomic E-state index is 0. The number of rotatable bonds is 3. The molecule has 1 radical (unpaired) electrons. The molecule has 0 aromatic heterocycles. The monoisotopic (exact) mass is 248 g/mol. The first-order valence-corrected chi connectivity index (χ1v) is 4.27. The Labute approximate surface area is 99.3 Å². The van der Waals surface area contributed by atoms with Gasteiger partial charge in [-0.25, -0.2) is 0 Å². The normalized spacial score (nSPS) is 25.0. The van der Waals surface area contributed by atoms with Crippen LogP contribution in [0.25, 0.3) is 0 Å². The Morgan fingerprint density at radius 1 is 1.58 bits per heavy atom. The molecule has 12 heavy (non-hydrogen) atoms. The van der Waals surface area contributed by atoms with Gasteiger partial charge in [-0.05, 0) is 13.3 Å². The van der Waals surface area contributed by atoms with E-state index in [9.17, 15) is 0 Å². The van der Waals surface area contributed by atoms with Crippen LogP contribution in [0.5, 0.6) is 0 Å². The SMILES string of the molecule is CC1COCCN1CCCO.[Y]. The van der Waals surface area contributed by atoms with Crippen molar-refractivity contribution in [3.63, 3.8) is 0 Å². The largest absolute Gasteiger partial charge is 0.396 e.